The lowest BCUT2D eigenvalue weighted by atomic mass is 10.1. The number of nitrogens with one attached hydrogen (secondary N) is 1. The Labute approximate surface area is 112 Å². The summed E-state index contributed by atoms with van der Waals surface area (Å²) in [5.74, 6) is 3.97. The minimum Gasteiger partial charge on any atom is -0.305 e. The number of nitrogens with two attached hydrogens (primary N) is 1. The SMILES string of the molecule is CC(CC(=O)NN)N1CCn2c(nnc2C(F)(F)F)C1. The fraction of sp³-hybridized carbons (Fsp3) is 0.700. The molecule has 0 spiro atoms. The number of amides is 1. The predicted molar refractivity (Wildman–Crippen MR) is 61.8 cm³/mol. The van der Waals surface area contributed by atoms with E-state index in [9.17, 15) is 18.0 Å². The molecule has 1 aromatic rings. The van der Waals surface area contributed by atoms with Crippen molar-refractivity contribution in [1.29, 1.82) is 0 Å². The van der Waals surface area contributed by atoms with Crippen LogP contribution >= 0.6 is 0 Å². The van der Waals surface area contributed by atoms with E-state index in [-0.39, 0.29) is 37.3 Å². The second-order valence-corrected chi connectivity index (χ2v) is 4.68. The molecule has 20 heavy (non-hydrogen) atoms. The Morgan fingerprint density at radius 3 is 2.75 bits per heavy atom. The first-order chi connectivity index (χ1) is 9.32. The van der Waals surface area contributed by atoms with E-state index >= 15 is 0 Å². The van der Waals surface area contributed by atoms with E-state index in [0.717, 1.165) is 4.57 Å². The highest BCUT2D eigenvalue weighted by Gasteiger charge is 2.39. The topological polar surface area (TPSA) is 89.1 Å². The van der Waals surface area contributed by atoms with Gasteiger partial charge in [-0.1, -0.05) is 0 Å². The fourth-order valence-electron chi connectivity index (χ4n) is 2.22. The minimum atomic E-state index is -4.50. The van der Waals surface area contributed by atoms with Gasteiger partial charge in [0.05, 0.1) is 6.54 Å². The van der Waals surface area contributed by atoms with Gasteiger partial charge in [0.25, 0.3) is 0 Å². The number of alkyl halides is 3. The first kappa shape index (κ1) is 14.7. The molecule has 1 aromatic heterocycles. The first-order valence-electron chi connectivity index (χ1n) is 6.05. The van der Waals surface area contributed by atoms with Crippen molar-refractivity contribution in [2.45, 2.75) is 38.7 Å². The quantitative estimate of drug-likeness (QED) is 0.460. The summed E-state index contributed by atoms with van der Waals surface area (Å²) in [6.07, 6.45) is -4.32. The van der Waals surface area contributed by atoms with Gasteiger partial charge in [-0.3, -0.25) is 15.1 Å². The van der Waals surface area contributed by atoms with Crippen LogP contribution in [0, 0.1) is 0 Å². The first-order valence-corrected chi connectivity index (χ1v) is 6.05. The van der Waals surface area contributed by atoms with Gasteiger partial charge in [-0.15, -0.1) is 10.2 Å². The number of hydrogen-bond acceptors (Lipinski definition) is 5. The number of hydrazine groups is 1. The predicted octanol–water partition coefficient (Wildman–Crippen LogP) is -0.119. The van der Waals surface area contributed by atoms with Crippen molar-refractivity contribution in [3.8, 4) is 0 Å². The van der Waals surface area contributed by atoms with Gasteiger partial charge in [-0.05, 0) is 6.92 Å². The zero-order valence-electron chi connectivity index (χ0n) is 10.8. The third-order valence-electron chi connectivity index (χ3n) is 3.30. The lowest BCUT2D eigenvalue weighted by molar-refractivity contribution is -0.148. The molecule has 0 aromatic carbocycles. The number of rotatable bonds is 3. The molecule has 112 valence electrons. The molecule has 1 unspecified atom stereocenters. The molecule has 0 saturated carbocycles. The van der Waals surface area contributed by atoms with Crippen molar-refractivity contribution in [3.63, 3.8) is 0 Å². The van der Waals surface area contributed by atoms with Crippen molar-refractivity contribution < 1.29 is 18.0 Å². The molecule has 1 amide bonds. The Hall–Kier alpha value is -1.68. The van der Waals surface area contributed by atoms with E-state index in [4.69, 9.17) is 5.84 Å². The van der Waals surface area contributed by atoms with Crippen LogP contribution in [0.15, 0.2) is 0 Å². The summed E-state index contributed by atoms with van der Waals surface area (Å²) in [6, 6.07) is -0.140. The number of nitrogens with zero attached hydrogens (tertiary/aromatic N) is 4. The number of carbonyl (C=O) groups excluding carboxylic acids is 1. The molecule has 0 fully saturated rings. The number of hydrogen-bond donors (Lipinski definition) is 2. The molecule has 0 bridgehead atoms. The van der Waals surface area contributed by atoms with Gasteiger partial charge >= 0.3 is 6.18 Å². The zero-order valence-corrected chi connectivity index (χ0v) is 10.8. The normalized spacial score (nSPS) is 17.6. The Balaban J connectivity index is 2.09. The van der Waals surface area contributed by atoms with Crippen molar-refractivity contribution in [1.82, 2.24) is 25.1 Å². The summed E-state index contributed by atoms with van der Waals surface area (Å²) in [7, 11) is 0. The maximum absolute atomic E-state index is 12.7. The average molecular weight is 292 g/mol. The largest absolute Gasteiger partial charge is 0.451 e. The third kappa shape index (κ3) is 2.90. The van der Waals surface area contributed by atoms with Gasteiger partial charge < -0.3 is 4.57 Å². The van der Waals surface area contributed by atoms with Gasteiger partial charge in [0.2, 0.25) is 11.7 Å². The number of fused-ring (bicyclic) bond motifs is 1. The van der Waals surface area contributed by atoms with Crippen LogP contribution in [0.2, 0.25) is 0 Å². The maximum Gasteiger partial charge on any atom is 0.451 e. The highest BCUT2D eigenvalue weighted by molar-refractivity contribution is 5.75. The standard InChI is InChI=1S/C10H15F3N6O/c1-6(4-8(20)15-14)18-2-3-19-7(5-18)16-17-9(19)10(11,12)13/h6H,2-5,14H2,1H3,(H,15,20). The average Bonchev–Trinajstić information content (AvgIpc) is 2.80. The van der Waals surface area contributed by atoms with Crippen molar-refractivity contribution >= 4 is 5.91 Å². The highest BCUT2D eigenvalue weighted by Crippen LogP contribution is 2.29. The van der Waals surface area contributed by atoms with Crippen LogP contribution in [0.25, 0.3) is 0 Å². The monoisotopic (exact) mass is 292 g/mol. The van der Waals surface area contributed by atoms with Crippen molar-refractivity contribution in [2.75, 3.05) is 6.54 Å². The Morgan fingerprint density at radius 1 is 1.45 bits per heavy atom. The molecule has 3 N–H and O–H groups in total. The molecule has 2 rings (SSSR count). The van der Waals surface area contributed by atoms with Crippen LogP contribution in [-0.2, 0) is 24.1 Å². The lowest BCUT2D eigenvalue weighted by Crippen LogP contribution is -2.43. The van der Waals surface area contributed by atoms with Crippen molar-refractivity contribution in [2.24, 2.45) is 5.84 Å². The second-order valence-electron chi connectivity index (χ2n) is 4.68. The molecule has 1 aliphatic rings. The molecule has 2 heterocycles. The summed E-state index contributed by atoms with van der Waals surface area (Å²) in [4.78, 5) is 13.1. The Morgan fingerprint density at radius 2 is 2.15 bits per heavy atom. The smallest absolute Gasteiger partial charge is 0.305 e. The van der Waals surface area contributed by atoms with E-state index in [2.05, 4.69) is 10.2 Å². The van der Waals surface area contributed by atoms with Gasteiger partial charge in [0.1, 0.15) is 5.82 Å². The summed E-state index contributed by atoms with van der Waals surface area (Å²) in [5, 5.41) is 6.78. The van der Waals surface area contributed by atoms with Crippen LogP contribution < -0.4 is 11.3 Å². The molecule has 0 aliphatic carbocycles. The van der Waals surface area contributed by atoms with E-state index in [1.165, 1.54) is 0 Å². The van der Waals surface area contributed by atoms with Gasteiger partial charge in [-0.2, -0.15) is 13.2 Å². The molecule has 0 saturated heterocycles. The van der Waals surface area contributed by atoms with Crippen molar-refractivity contribution in [3.05, 3.63) is 11.6 Å². The van der Waals surface area contributed by atoms with E-state index in [1.54, 1.807) is 0 Å². The molecule has 10 heteroatoms. The molecule has 1 aliphatic heterocycles. The second kappa shape index (κ2) is 5.37. The van der Waals surface area contributed by atoms with E-state index in [0.29, 0.717) is 6.54 Å². The van der Waals surface area contributed by atoms with Crippen LogP contribution in [0.5, 0.6) is 0 Å². The van der Waals surface area contributed by atoms with Crippen LogP contribution in [0.4, 0.5) is 13.2 Å². The van der Waals surface area contributed by atoms with Gasteiger partial charge in [0, 0.05) is 25.6 Å². The Bertz CT molecular complexity index is 500. The Kier molecular flexibility index (Phi) is 3.95. The number of halogens is 3. The van der Waals surface area contributed by atoms with Crippen LogP contribution in [0.3, 0.4) is 0 Å². The van der Waals surface area contributed by atoms with E-state index < -0.39 is 12.0 Å². The maximum atomic E-state index is 12.7. The molecular weight excluding hydrogens is 277 g/mol. The van der Waals surface area contributed by atoms with Gasteiger partial charge in [0.15, 0.2) is 0 Å². The van der Waals surface area contributed by atoms with E-state index in [1.807, 2.05) is 17.2 Å². The minimum absolute atomic E-state index is 0.140. The lowest BCUT2D eigenvalue weighted by Gasteiger charge is -2.32. The van der Waals surface area contributed by atoms with Gasteiger partial charge in [-0.25, -0.2) is 5.84 Å². The third-order valence-corrected chi connectivity index (χ3v) is 3.30. The highest BCUT2D eigenvalue weighted by atomic mass is 19.4. The van der Waals surface area contributed by atoms with Crippen LogP contribution in [-0.4, -0.2) is 38.2 Å². The summed E-state index contributed by atoms with van der Waals surface area (Å²) >= 11 is 0. The fourth-order valence-corrected chi connectivity index (χ4v) is 2.22. The molecule has 1 atom stereocenters. The number of aromatic nitrogens is 3. The van der Waals surface area contributed by atoms with Crippen LogP contribution in [0.1, 0.15) is 25.0 Å². The zero-order chi connectivity index (χ0) is 14.9. The molecular formula is C10H15F3N6O. The number of carbonyl (C=O) groups is 1. The summed E-state index contributed by atoms with van der Waals surface area (Å²) in [6.45, 7) is 2.58. The molecule has 0 radical (unpaired) electrons. The summed E-state index contributed by atoms with van der Waals surface area (Å²) in [5.41, 5.74) is 2.03. The summed E-state index contributed by atoms with van der Waals surface area (Å²) < 4.78 is 39.1. The molecule has 7 nitrogen and oxygen atoms in total.